The minimum Gasteiger partial charge on any atom is -0.492 e. The summed E-state index contributed by atoms with van der Waals surface area (Å²) in [5.41, 5.74) is 0.560. The van der Waals surface area contributed by atoms with Crippen molar-refractivity contribution in [2.24, 2.45) is 0 Å². The summed E-state index contributed by atoms with van der Waals surface area (Å²) < 4.78 is 10.5. The first-order chi connectivity index (χ1) is 15.0. The van der Waals surface area contributed by atoms with Crippen LogP contribution in [0.25, 0.3) is 0 Å². The molecule has 162 valence electrons. The van der Waals surface area contributed by atoms with E-state index < -0.39 is 24.4 Å². The van der Waals surface area contributed by atoms with Crippen LogP contribution in [-0.4, -0.2) is 54.9 Å². The van der Waals surface area contributed by atoms with Crippen LogP contribution in [-0.2, 0) is 9.53 Å². The predicted molar refractivity (Wildman–Crippen MR) is 112 cm³/mol. The minimum absolute atomic E-state index is 0.109. The van der Waals surface area contributed by atoms with Crippen molar-refractivity contribution in [1.82, 2.24) is 10.2 Å². The maximum atomic E-state index is 12.5. The third-order valence-corrected chi connectivity index (χ3v) is 4.71. The highest BCUT2D eigenvalue weighted by atomic mass is 16.5. The number of carbonyl (C=O) groups is 4. The fourth-order valence-electron chi connectivity index (χ4n) is 3.08. The van der Waals surface area contributed by atoms with Gasteiger partial charge in [0.1, 0.15) is 12.4 Å². The summed E-state index contributed by atoms with van der Waals surface area (Å²) >= 11 is 0. The van der Waals surface area contributed by atoms with Crippen LogP contribution in [0.2, 0.25) is 0 Å². The Labute approximate surface area is 180 Å². The number of carbonyl (C=O) groups excluding carboxylic acids is 4. The molecule has 0 bridgehead atoms. The van der Waals surface area contributed by atoms with E-state index in [1.807, 2.05) is 37.3 Å². The molecular weight excluding hydrogens is 400 g/mol. The third-order valence-electron chi connectivity index (χ3n) is 4.71. The predicted octanol–water partition coefficient (Wildman–Crippen LogP) is 2.43. The van der Waals surface area contributed by atoms with Crippen LogP contribution in [0, 0.1) is 0 Å². The normalized spacial score (nSPS) is 12.5. The highest BCUT2D eigenvalue weighted by Gasteiger charge is 2.35. The number of fused-ring (bicyclic) bond motifs is 1. The van der Waals surface area contributed by atoms with Gasteiger partial charge >= 0.3 is 5.97 Å². The van der Waals surface area contributed by atoms with E-state index in [1.165, 1.54) is 23.1 Å². The summed E-state index contributed by atoms with van der Waals surface area (Å²) in [7, 11) is 0. The topological polar surface area (TPSA) is 102 Å². The molecule has 2 aromatic carbocycles. The quantitative estimate of drug-likeness (QED) is 0.357. The van der Waals surface area contributed by atoms with E-state index in [-0.39, 0.29) is 35.7 Å². The molecule has 3 amide bonds. The number of para-hydroxylation sites is 1. The second-order valence-corrected chi connectivity index (χ2v) is 6.96. The van der Waals surface area contributed by atoms with Gasteiger partial charge in [-0.1, -0.05) is 31.5 Å². The van der Waals surface area contributed by atoms with Crippen LogP contribution in [0.1, 0.15) is 50.8 Å². The van der Waals surface area contributed by atoms with Gasteiger partial charge in [-0.05, 0) is 36.8 Å². The van der Waals surface area contributed by atoms with Crippen LogP contribution >= 0.6 is 0 Å². The fraction of sp³-hybridized carbons (Fsp3) is 0.304. The molecule has 1 N–H and O–H groups in total. The summed E-state index contributed by atoms with van der Waals surface area (Å²) in [5, 5.41) is 2.59. The molecule has 0 aromatic heterocycles. The van der Waals surface area contributed by atoms with Gasteiger partial charge < -0.3 is 14.8 Å². The molecule has 3 rings (SSSR count). The second kappa shape index (κ2) is 10.4. The summed E-state index contributed by atoms with van der Waals surface area (Å²) in [6, 6.07) is 13.4. The Morgan fingerprint density at radius 3 is 2.48 bits per heavy atom. The molecule has 0 saturated carbocycles. The summed E-state index contributed by atoms with van der Waals surface area (Å²) in [6.07, 6.45) is 1.57. The number of nitrogens with one attached hydrogen (secondary N) is 1. The van der Waals surface area contributed by atoms with Crippen molar-refractivity contribution in [2.75, 3.05) is 26.3 Å². The molecule has 0 aliphatic carbocycles. The van der Waals surface area contributed by atoms with E-state index in [0.29, 0.717) is 18.7 Å². The number of amides is 3. The second-order valence-electron chi connectivity index (χ2n) is 6.96. The maximum Gasteiger partial charge on any atom is 0.338 e. The number of nitrogens with zero attached hydrogens (tertiary/aromatic N) is 1. The number of rotatable bonds is 10. The zero-order valence-electron chi connectivity index (χ0n) is 17.3. The first-order valence-electron chi connectivity index (χ1n) is 10.1. The molecule has 2 aromatic rings. The summed E-state index contributed by atoms with van der Waals surface area (Å²) in [6.45, 7) is 2.39. The largest absolute Gasteiger partial charge is 0.492 e. The first kappa shape index (κ1) is 22.0. The molecule has 0 fully saturated rings. The van der Waals surface area contributed by atoms with Crippen LogP contribution in [0.4, 0.5) is 0 Å². The van der Waals surface area contributed by atoms with E-state index >= 15 is 0 Å². The lowest BCUT2D eigenvalue weighted by Gasteiger charge is -2.12. The van der Waals surface area contributed by atoms with Crippen LogP contribution in [0.3, 0.4) is 0 Å². The van der Waals surface area contributed by atoms with Gasteiger partial charge in [0.2, 0.25) is 0 Å². The Hall–Kier alpha value is -3.68. The SMILES string of the molecule is CCCCN1C(=O)c2ccc(C(=O)OCC(=O)NCCOc3ccccc3)cc2C1=O. The van der Waals surface area contributed by atoms with E-state index in [2.05, 4.69) is 5.32 Å². The van der Waals surface area contributed by atoms with Crippen molar-refractivity contribution >= 4 is 23.7 Å². The smallest absolute Gasteiger partial charge is 0.338 e. The average molecular weight is 424 g/mol. The highest BCUT2D eigenvalue weighted by Crippen LogP contribution is 2.24. The minimum atomic E-state index is -0.745. The molecule has 8 heteroatoms. The molecule has 0 saturated heterocycles. The van der Waals surface area contributed by atoms with Gasteiger partial charge in [0, 0.05) is 6.54 Å². The van der Waals surface area contributed by atoms with Crippen molar-refractivity contribution in [3.8, 4) is 5.75 Å². The molecular formula is C23H24N2O6. The molecule has 1 aliphatic heterocycles. The molecule has 31 heavy (non-hydrogen) atoms. The number of hydrogen-bond donors (Lipinski definition) is 1. The van der Waals surface area contributed by atoms with Gasteiger partial charge in [-0.2, -0.15) is 0 Å². The first-order valence-corrected chi connectivity index (χ1v) is 10.1. The molecule has 0 unspecified atom stereocenters. The van der Waals surface area contributed by atoms with Gasteiger partial charge in [0.25, 0.3) is 17.7 Å². The maximum absolute atomic E-state index is 12.5. The Kier molecular flexibility index (Phi) is 7.37. The number of ether oxygens (including phenoxy) is 2. The van der Waals surface area contributed by atoms with Crippen molar-refractivity contribution in [3.63, 3.8) is 0 Å². The Bertz CT molecular complexity index is 973. The monoisotopic (exact) mass is 424 g/mol. The van der Waals surface area contributed by atoms with Gasteiger partial charge in [-0.25, -0.2) is 4.79 Å². The highest BCUT2D eigenvalue weighted by molar-refractivity contribution is 6.21. The van der Waals surface area contributed by atoms with Crippen molar-refractivity contribution in [1.29, 1.82) is 0 Å². The number of unbranched alkanes of at least 4 members (excludes halogenated alkanes) is 1. The van der Waals surface area contributed by atoms with Gasteiger partial charge in [0.05, 0.1) is 23.2 Å². The van der Waals surface area contributed by atoms with E-state index in [0.717, 1.165) is 6.42 Å². The van der Waals surface area contributed by atoms with Crippen LogP contribution in [0.15, 0.2) is 48.5 Å². The Morgan fingerprint density at radius 2 is 1.74 bits per heavy atom. The van der Waals surface area contributed by atoms with E-state index in [9.17, 15) is 19.2 Å². The molecule has 0 atom stereocenters. The number of esters is 1. The lowest BCUT2D eigenvalue weighted by molar-refractivity contribution is -0.124. The number of hydrogen-bond acceptors (Lipinski definition) is 6. The van der Waals surface area contributed by atoms with Gasteiger partial charge in [-0.15, -0.1) is 0 Å². The van der Waals surface area contributed by atoms with Crippen molar-refractivity contribution < 1.29 is 28.7 Å². The van der Waals surface area contributed by atoms with Gasteiger partial charge in [-0.3, -0.25) is 19.3 Å². The zero-order chi connectivity index (χ0) is 22.2. The molecule has 1 aliphatic rings. The molecule has 1 heterocycles. The standard InChI is InChI=1S/C23H24N2O6/c1-2-3-12-25-21(27)18-10-9-16(14-19(18)22(25)28)23(29)31-15-20(26)24-11-13-30-17-7-5-4-6-8-17/h4-10,14H,2-3,11-13,15H2,1H3,(H,24,26). The van der Waals surface area contributed by atoms with Crippen LogP contribution in [0.5, 0.6) is 5.75 Å². The molecule has 0 radical (unpaired) electrons. The number of imide groups is 1. The van der Waals surface area contributed by atoms with Crippen molar-refractivity contribution in [3.05, 3.63) is 65.2 Å². The summed E-state index contributed by atoms with van der Waals surface area (Å²) in [4.78, 5) is 50.2. The van der Waals surface area contributed by atoms with E-state index in [4.69, 9.17) is 9.47 Å². The van der Waals surface area contributed by atoms with Crippen molar-refractivity contribution in [2.45, 2.75) is 19.8 Å². The van der Waals surface area contributed by atoms with Gasteiger partial charge in [0.15, 0.2) is 6.61 Å². The number of benzene rings is 2. The lowest BCUT2D eigenvalue weighted by atomic mass is 10.1. The fourth-order valence-corrected chi connectivity index (χ4v) is 3.08. The zero-order valence-corrected chi connectivity index (χ0v) is 17.3. The van der Waals surface area contributed by atoms with Crippen LogP contribution < -0.4 is 10.1 Å². The Morgan fingerprint density at radius 1 is 1.00 bits per heavy atom. The summed E-state index contributed by atoms with van der Waals surface area (Å²) in [5.74, 6) is -1.29. The lowest BCUT2D eigenvalue weighted by Crippen LogP contribution is -2.32. The average Bonchev–Trinajstić information content (AvgIpc) is 3.03. The third kappa shape index (κ3) is 5.48. The Balaban J connectivity index is 1.47. The van der Waals surface area contributed by atoms with E-state index in [1.54, 1.807) is 0 Å². The molecule has 8 nitrogen and oxygen atoms in total. The molecule has 0 spiro atoms.